The molecule has 2 aromatic heterocycles. The normalized spacial score (nSPS) is 11.1. The van der Waals surface area contributed by atoms with Gasteiger partial charge in [0.1, 0.15) is 36.3 Å². The zero-order valence-electron chi connectivity index (χ0n) is 22.4. The maximum absolute atomic E-state index is 13.3. The highest BCUT2D eigenvalue weighted by Crippen LogP contribution is 2.26. The average Bonchev–Trinajstić information content (AvgIpc) is 3.58. The number of carbonyl (C=O) groups excluding carboxylic acids is 1. The molecule has 3 aromatic carbocycles. The van der Waals surface area contributed by atoms with Crippen LogP contribution in [0.25, 0.3) is 5.69 Å². The summed E-state index contributed by atoms with van der Waals surface area (Å²) in [7, 11) is 0. The van der Waals surface area contributed by atoms with Crippen LogP contribution >= 0.6 is 11.6 Å². The van der Waals surface area contributed by atoms with Gasteiger partial charge in [-0.3, -0.25) is 4.79 Å². The summed E-state index contributed by atoms with van der Waals surface area (Å²) >= 11 is 6.31. The van der Waals surface area contributed by atoms with Crippen molar-refractivity contribution in [3.63, 3.8) is 0 Å². The van der Waals surface area contributed by atoms with Crippen LogP contribution in [-0.2, 0) is 13.2 Å². The lowest BCUT2D eigenvalue weighted by molar-refractivity contribution is 0.0923. The third-order valence-corrected chi connectivity index (χ3v) is 6.55. The fourth-order valence-corrected chi connectivity index (χ4v) is 4.47. The number of ether oxygens (including phenoxy) is 2. The Kier molecular flexibility index (Phi) is 8.50. The number of hydrazone groups is 1. The van der Waals surface area contributed by atoms with Crippen molar-refractivity contribution in [3.05, 3.63) is 136 Å². The number of halogens is 2. The molecule has 0 aliphatic carbocycles. The maximum Gasteiger partial charge on any atom is 0.307 e. The fourth-order valence-electron chi connectivity index (χ4n) is 4.22. The van der Waals surface area contributed by atoms with Gasteiger partial charge in [-0.15, -0.1) is 0 Å². The minimum Gasteiger partial charge on any atom is -0.487 e. The minimum atomic E-state index is -0.504. The highest BCUT2D eigenvalue weighted by molar-refractivity contribution is 6.32. The summed E-state index contributed by atoms with van der Waals surface area (Å²) in [5.74, 6) is 0.909. The Balaban J connectivity index is 1.10. The molecular formula is C32H27ClFN3O4. The molecule has 9 heteroatoms. The third-order valence-electron chi connectivity index (χ3n) is 6.25. The number of furan rings is 1. The maximum atomic E-state index is 13.3. The van der Waals surface area contributed by atoms with Crippen LogP contribution in [0.15, 0.2) is 101 Å². The highest BCUT2D eigenvalue weighted by atomic mass is 35.5. The van der Waals surface area contributed by atoms with Crippen LogP contribution in [0.1, 0.15) is 38.8 Å². The van der Waals surface area contributed by atoms with Gasteiger partial charge >= 0.3 is 5.91 Å². The molecule has 0 aliphatic rings. The van der Waals surface area contributed by atoms with E-state index in [-0.39, 0.29) is 24.8 Å². The fraction of sp³-hybridized carbons (Fsp3) is 0.125. The van der Waals surface area contributed by atoms with E-state index in [1.807, 2.05) is 24.3 Å². The van der Waals surface area contributed by atoms with Gasteiger partial charge in [-0.2, -0.15) is 5.10 Å². The van der Waals surface area contributed by atoms with Crippen LogP contribution in [0.5, 0.6) is 11.5 Å². The van der Waals surface area contributed by atoms with E-state index in [2.05, 4.69) is 41.1 Å². The second-order valence-corrected chi connectivity index (χ2v) is 9.71. The van der Waals surface area contributed by atoms with Crippen LogP contribution in [0.4, 0.5) is 4.39 Å². The Bertz CT molecular complexity index is 1670. The summed E-state index contributed by atoms with van der Waals surface area (Å²) in [4.78, 5) is 12.5. The summed E-state index contributed by atoms with van der Waals surface area (Å²) in [5.41, 5.74) is 7.15. The van der Waals surface area contributed by atoms with Crippen molar-refractivity contribution < 1.29 is 23.1 Å². The average molecular weight is 572 g/mol. The lowest BCUT2D eigenvalue weighted by Gasteiger charge is -2.10. The van der Waals surface area contributed by atoms with Crippen LogP contribution in [-0.4, -0.2) is 16.7 Å². The number of aromatic nitrogens is 1. The van der Waals surface area contributed by atoms with Gasteiger partial charge in [0.2, 0.25) is 0 Å². The molecule has 5 rings (SSSR count). The third kappa shape index (κ3) is 7.04. The quantitative estimate of drug-likeness (QED) is 0.140. The van der Waals surface area contributed by atoms with Gasteiger partial charge < -0.3 is 18.5 Å². The number of nitrogens with one attached hydrogen (secondary N) is 1. The van der Waals surface area contributed by atoms with Crippen LogP contribution in [0, 0.1) is 19.7 Å². The van der Waals surface area contributed by atoms with Gasteiger partial charge in [-0.05, 0) is 104 Å². The van der Waals surface area contributed by atoms with E-state index in [9.17, 15) is 9.18 Å². The van der Waals surface area contributed by atoms with Gasteiger partial charge in [-0.25, -0.2) is 9.82 Å². The smallest absolute Gasteiger partial charge is 0.307 e. The highest BCUT2D eigenvalue weighted by Gasteiger charge is 2.11. The SMILES string of the molecule is Cc1ccc(C)n1-c1ccc(OCc2ccc(C(=O)N/N=C/c3ccc(OCc4cccc(F)c4)c(Cl)c3)o2)cc1. The molecule has 2 heterocycles. The molecule has 0 atom stereocenters. The largest absolute Gasteiger partial charge is 0.487 e. The summed E-state index contributed by atoms with van der Waals surface area (Å²) in [6.45, 7) is 4.48. The molecule has 208 valence electrons. The van der Waals surface area contributed by atoms with Crippen molar-refractivity contribution >= 4 is 23.7 Å². The second kappa shape index (κ2) is 12.6. The molecule has 0 unspecified atom stereocenters. The molecule has 41 heavy (non-hydrogen) atoms. The number of benzene rings is 3. The van der Waals surface area contributed by atoms with Crippen molar-refractivity contribution in [2.45, 2.75) is 27.1 Å². The van der Waals surface area contributed by atoms with Crippen molar-refractivity contribution in [2.75, 3.05) is 0 Å². The van der Waals surface area contributed by atoms with Crippen molar-refractivity contribution in [2.24, 2.45) is 5.10 Å². The molecule has 0 bridgehead atoms. The van der Waals surface area contributed by atoms with E-state index >= 15 is 0 Å². The zero-order valence-corrected chi connectivity index (χ0v) is 23.2. The Morgan fingerprint density at radius 3 is 2.46 bits per heavy atom. The monoisotopic (exact) mass is 571 g/mol. The number of nitrogens with zero attached hydrogens (tertiary/aromatic N) is 2. The zero-order chi connectivity index (χ0) is 28.8. The van der Waals surface area contributed by atoms with Gasteiger partial charge in [0.25, 0.3) is 0 Å². The minimum absolute atomic E-state index is 0.105. The second-order valence-electron chi connectivity index (χ2n) is 9.31. The van der Waals surface area contributed by atoms with E-state index in [1.165, 1.54) is 18.3 Å². The van der Waals surface area contributed by atoms with Gasteiger partial charge in [0, 0.05) is 17.1 Å². The number of rotatable bonds is 10. The molecule has 7 nitrogen and oxygen atoms in total. The molecule has 0 fully saturated rings. The van der Waals surface area contributed by atoms with Crippen molar-refractivity contribution in [3.8, 4) is 17.2 Å². The van der Waals surface area contributed by atoms with Crippen LogP contribution in [0.2, 0.25) is 5.02 Å². The number of aryl methyl sites for hydroxylation is 2. The van der Waals surface area contributed by atoms with Crippen molar-refractivity contribution in [1.29, 1.82) is 0 Å². The van der Waals surface area contributed by atoms with E-state index in [4.69, 9.17) is 25.5 Å². The molecule has 5 aromatic rings. The topological polar surface area (TPSA) is 78.0 Å². The van der Waals surface area contributed by atoms with Gasteiger partial charge in [-0.1, -0.05) is 23.7 Å². The first-order valence-electron chi connectivity index (χ1n) is 12.8. The predicted octanol–water partition coefficient (Wildman–Crippen LogP) is 7.40. The molecule has 0 radical (unpaired) electrons. The summed E-state index contributed by atoms with van der Waals surface area (Å²) in [6.07, 6.45) is 1.45. The van der Waals surface area contributed by atoms with Gasteiger partial charge in [0.15, 0.2) is 5.76 Å². The molecule has 1 amide bonds. The van der Waals surface area contributed by atoms with Crippen molar-refractivity contribution in [1.82, 2.24) is 9.99 Å². The Morgan fingerprint density at radius 2 is 1.73 bits per heavy atom. The molecule has 0 aliphatic heterocycles. The molecule has 0 saturated carbocycles. The Hall–Kier alpha value is -4.82. The summed E-state index contributed by atoms with van der Waals surface area (Å²) in [6, 6.07) is 26.4. The standard InChI is InChI=1S/C32H27ClFN3O4/c1-21-6-7-22(2)37(21)26-9-11-27(12-10-26)39-20-28-13-15-31(41-28)32(38)36-35-18-23-8-14-30(29(33)17-23)40-19-24-4-3-5-25(34)16-24/h3-18H,19-20H2,1-2H3,(H,36,38)/b35-18+. The van der Waals surface area contributed by atoms with E-state index < -0.39 is 5.91 Å². The molecular weight excluding hydrogens is 545 g/mol. The lowest BCUT2D eigenvalue weighted by atomic mass is 10.2. The lowest BCUT2D eigenvalue weighted by Crippen LogP contribution is -2.16. The first kappa shape index (κ1) is 27.7. The number of amides is 1. The van der Waals surface area contributed by atoms with Crippen LogP contribution < -0.4 is 14.9 Å². The first-order valence-corrected chi connectivity index (χ1v) is 13.2. The molecule has 0 saturated heterocycles. The van der Waals surface area contributed by atoms with E-state index in [0.29, 0.717) is 33.4 Å². The number of carbonyl (C=O) groups is 1. The van der Waals surface area contributed by atoms with E-state index in [1.54, 1.807) is 42.5 Å². The summed E-state index contributed by atoms with van der Waals surface area (Å²) < 4.78 is 32.6. The van der Waals surface area contributed by atoms with Gasteiger partial charge in [0.05, 0.1) is 11.2 Å². The predicted molar refractivity (Wildman–Crippen MR) is 156 cm³/mol. The van der Waals surface area contributed by atoms with Crippen LogP contribution in [0.3, 0.4) is 0 Å². The molecule has 0 spiro atoms. The molecule has 1 N–H and O–H groups in total. The summed E-state index contributed by atoms with van der Waals surface area (Å²) in [5, 5.41) is 4.34. The number of hydrogen-bond acceptors (Lipinski definition) is 5. The van der Waals surface area contributed by atoms with E-state index in [0.717, 1.165) is 17.1 Å². The Labute approximate surface area is 241 Å². The number of hydrogen-bond donors (Lipinski definition) is 1. The Morgan fingerprint density at radius 1 is 0.951 bits per heavy atom. The first-order chi connectivity index (χ1) is 19.9.